The maximum absolute atomic E-state index is 13.1. The Hall–Kier alpha value is -1.69. The molecule has 1 aromatic rings. The van der Waals surface area contributed by atoms with Crippen LogP contribution in [0.1, 0.15) is 6.42 Å². The molecule has 0 aliphatic carbocycles. The van der Waals surface area contributed by atoms with Crippen LogP contribution in [0.15, 0.2) is 18.2 Å². The molecular weight excluding hydrogens is 205 g/mol. The molecule has 82 valence electrons. The highest BCUT2D eigenvalue weighted by Crippen LogP contribution is 2.22. The van der Waals surface area contributed by atoms with E-state index in [1.807, 2.05) is 0 Å². The molecule has 6 heteroatoms. The second-order valence-corrected chi connectivity index (χ2v) is 2.80. The van der Waals surface area contributed by atoms with Gasteiger partial charge in [-0.2, -0.15) is 0 Å². The van der Waals surface area contributed by atoms with Gasteiger partial charge in [0.1, 0.15) is 0 Å². The number of rotatable bonds is 5. The molecular formula is C9H10FNO4. The van der Waals surface area contributed by atoms with Crippen molar-refractivity contribution in [1.29, 1.82) is 0 Å². The molecule has 0 amide bonds. The first-order valence-electron chi connectivity index (χ1n) is 4.32. The summed E-state index contributed by atoms with van der Waals surface area (Å²) in [7, 11) is 0. The van der Waals surface area contributed by atoms with E-state index in [4.69, 9.17) is 9.84 Å². The zero-order valence-electron chi connectivity index (χ0n) is 7.85. The summed E-state index contributed by atoms with van der Waals surface area (Å²) in [6.07, 6.45) is 0.385. The second-order valence-electron chi connectivity index (χ2n) is 2.80. The van der Waals surface area contributed by atoms with Crippen molar-refractivity contribution in [3.8, 4) is 5.75 Å². The Labute approximate surface area is 85.3 Å². The van der Waals surface area contributed by atoms with E-state index in [9.17, 15) is 14.5 Å². The normalized spacial score (nSPS) is 10.0. The van der Waals surface area contributed by atoms with Crippen LogP contribution in [-0.4, -0.2) is 23.2 Å². The Kier molecular flexibility index (Phi) is 3.99. The van der Waals surface area contributed by atoms with Crippen LogP contribution in [0.3, 0.4) is 0 Å². The lowest BCUT2D eigenvalue weighted by Gasteiger charge is -2.05. The van der Waals surface area contributed by atoms with Crippen LogP contribution >= 0.6 is 0 Å². The first-order chi connectivity index (χ1) is 7.15. The molecule has 0 aromatic heterocycles. The first kappa shape index (κ1) is 11.4. The Morgan fingerprint density at radius 2 is 2.27 bits per heavy atom. The number of halogens is 1. The lowest BCUT2D eigenvalue weighted by molar-refractivity contribution is -0.385. The summed E-state index contributed by atoms with van der Waals surface area (Å²) in [5, 5.41) is 18.8. The van der Waals surface area contributed by atoms with E-state index >= 15 is 0 Å². The Morgan fingerprint density at radius 1 is 1.53 bits per heavy atom. The number of benzene rings is 1. The van der Waals surface area contributed by atoms with Gasteiger partial charge < -0.3 is 9.84 Å². The zero-order chi connectivity index (χ0) is 11.3. The summed E-state index contributed by atoms with van der Waals surface area (Å²) < 4.78 is 18.1. The molecule has 0 saturated carbocycles. The van der Waals surface area contributed by atoms with Crippen molar-refractivity contribution in [2.45, 2.75) is 6.42 Å². The van der Waals surface area contributed by atoms with Crippen LogP contribution in [0.25, 0.3) is 0 Å². The quantitative estimate of drug-likeness (QED) is 0.459. The monoisotopic (exact) mass is 215 g/mol. The molecule has 0 atom stereocenters. The van der Waals surface area contributed by atoms with E-state index in [2.05, 4.69) is 0 Å². The summed E-state index contributed by atoms with van der Waals surface area (Å²) in [6, 6.07) is 3.16. The van der Waals surface area contributed by atoms with Gasteiger partial charge in [-0.05, 0) is 6.07 Å². The minimum absolute atomic E-state index is 0.0470. The van der Waals surface area contributed by atoms with Gasteiger partial charge in [0.25, 0.3) is 5.69 Å². The van der Waals surface area contributed by atoms with E-state index in [-0.39, 0.29) is 24.7 Å². The molecule has 0 saturated heterocycles. The van der Waals surface area contributed by atoms with Gasteiger partial charge in [-0.15, -0.1) is 0 Å². The molecule has 0 unspecified atom stereocenters. The fourth-order valence-electron chi connectivity index (χ4n) is 0.967. The fraction of sp³-hybridized carbons (Fsp3) is 0.333. The summed E-state index contributed by atoms with van der Waals surface area (Å²) in [6.45, 7) is 0.125. The zero-order valence-corrected chi connectivity index (χ0v) is 7.85. The number of hydrogen-bond donors (Lipinski definition) is 1. The smallest absolute Gasteiger partial charge is 0.272 e. The van der Waals surface area contributed by atoms with Gasteiger partial charge in [0.15, 0.2) is 11.6 Å². The predicted octanol–water partition coefficient (Wildman–Crippen LogP) is 1.50. The number of aliphatic hydroxyl groups excluding tert-OH is 1. The van der Waals surface area contributed by atoms with Gasteiger partial charge in [0.2, 0.25) is 0 Å². The average Bonchev–Trinajstić information content (AvgIpc) is 2.20. The van der Waals surface area contributed by atoms with Gasteiger partial charge in [-0.3, -0.25) is 10.1 Å². The third-order valence-electron chi connectivity index (χ3n) is 1.69. The SMILES string of the molecule is O=[N+]([O-])c1ccc(OCCCO)c(F)c1. The molecule has 0 aliphatic rings. The number of aliphatic hydroxyl groups is 1. The number of ether oxygens (including phenoxy) is 1. The minimum Gasteiger partial charge on any atom is -0.490 e. The maximum Gasteiger partial charge on any atom is 0.272 e. The summed E-state index contributed by atoms with van der Waals surface area (Å²) in [4.78, 5) is 9.61. The molecule has 0 spiro atoms. The molecule has 5 nitrogen and oxygen atoms in total. The van der Waals surface area contributed by atoms with E-state index < -0.39 is 10.7 Å². The van der Waals surface area contributed by atoms with E-state index in [1.54, 1.807) is 0 Å². The van der Waals surface area contributed by atoms with Crippen LogP contribution in [0.4, 0.5) is 10.1 Å². The van der Waals surface area contributed by atoms with E-state index in [1.165, 1.54) is 6.07 Å². The van der Waals surface area contributed by atoms with Crippen LogP contribution in [0.5, 0.6) is 5.75 Å². The highest BCUT2D eigenvalue weighted by atomic mass is 19.1. The van der Waals surface area contributed by atoms with Crippen molar-refractivity contribution in [2.24, 2.45) is 0 Å². The number of nitrogens with zero attached hydrogens (tertiary/aromatic N) is 1. The van der Waals surface area contributed by atoms with Crippen LogP contribution < -0.4 is 4.74 Å². The number of nitro groups is 1. The van der Waals surface area contributed by atoms with Crippen LogP contribution in [0.2, 0.25) is 0 Å². The summed E-state index contributed by atoms with van der Waals surface area (Å²) >= 11 is 0. The topological polar surface area (TPSA) is 72.6 Å². The fourth-order valence-corrected chi connectivity index (χ4v) is 0.967. The predicted molar refractivity (Wildman–Crippen MR) is 50.3 cm³/mol. The van der Waals surface area contributed by atoms with Gasteiger partial charge in [0, 0.05) is 19.1 Å². The van der Waals surface area contributed by atoms with Gasteiger partial charge >= 0.3 is 0 Å². The maximum atomic E-state index is 13.1. The molecule has 1 rings (SSSR count). The third-order valence-corrected chi connectivity index (χ3v) is 1.69. The summed E-state index contributed by atoms with van der Waals surface area (Å²) in [5.41, 5.74) is -0.318. The Balaban J connectivity index is 2.70. The average molecular weight is 215 g/mol. The Morgan fingerprint density at radius 3 is 2.80 bits per heavy atom. The van der Waals surface area contributed by atoms with Crippen molar-refractivity contribution in [3.05, 3.63) is 34.1 Å². The van der Waals surface area contributed by atoms with Crippen molar-refractivity contribution >= 4 is 5.69 Å². The largest absolute Gasteiger partial charge is 0.490 e. The van der Waals surface area contributed by atoms with Gasteiger partial charge in [0.05, 0.1) is 17.6 Å². The van der Waals surface area contributed by atoms with Crippen molar-refractivity contribution in [2.75, 3.05) is 13.2 Å². The lowest BCUT2D eigenvalue weighted by Crippen LogP contribution is -2.01. The van der Waals surface area contributed by atoms with Gasteiger partial charge in [-0.1, -0.05) is 0 Å². The third kappa shape index (κ3) is 3.17. The molecule has 15 heavy (non-hydrogen) atoms. The van der Waals surface area contributed by atoms with Crippen molar-refractivity contribution in [1.82, 2.24) is 0 Å². The molecule has 0 heterocycles. The molecule has 0 bridgehead atoms. The van der Waals surface area contributed by atoms with E-state index in [0.29, 0.717) is 6.42 Å². The van der Waals surface area contributed by atoms with Gasteiger partial charge in [-0.25, -0.2) is 4.39 Å². The molecule has 0 fully saturated rings. The first-order valence-corrected chi connectivity index (χ1v) is 4.32. The van der Waals surface area contributed by atoms with Crippen molar-refractivity contribution in [3.63, 3.8) is 0 Å². The number of hydrogen-bond acceptors (Lipinski definition) is 4. The van der Waals surface area contributed by atoms with Crippen LogP contribution in [0, 0.1) is 15.9 Å². The number of non-ortho nitro benzene ring substituents is 1. The molecule has 0 aliphatic heterocycles. The number of nitro benzene ring substituents is 1. The minimum atomic E-state index is -0.776. The highest BCUT2D eigenvalue weighted by Gasteiger charge is 2.11. The molecule has 1 aromatic carbocycles. The molecule has 0 radical (unpaired) electrons. The molecule has 1 N–H and O–H groups in total. The lowest BCUT2D eigenvalue weighted by atomic mass is 10.3. The van der Waals surface area contributed by atoms with Crippen LogP contribution in [-0.2, 0) is 0 Å². The Bertz CT molecular complexity index is 356. The van der Waals surface area contributed by atoms with E-state index in [0.717, 1.165) is 12.1 Å². The highest BCUT2D eigenvalue weighted by molar-refractivity contribution is 5.37. The van der Waals surface area contributed by atoms with Crippen molar-refractivity contribution < 1.29 is 19.2 Å². The summed E-state index contributed by atoms with van der Waals surface area (Å²) in [5.74, 6) is -0.823. The second kappa shape index (κ2) is 5.26. The standard InChI is InChI=1S/C9H10FNO4/c10-8-6-7(11(13)14)2-3-9(8)15-5-1-4-12/h2-3,6,12H,1,4-5H2.